The molecule has 0 spiro atoms. The first-order valence-electron chi connectivity index (χ1n) is 6.50. The van der Waals surface area contributed by atoms with Gasteiger partial charge in [-0.15, -0.1) is 0 Å². The Bertz CT molecular complexity index is 432. The highest BCUT2D eigenvalue weighted by atomic mass is 19.3. The van der Waals surface area contributed by atoms with E-state index >= 15 is 0 Å². The van der Waals surface area contributed by atoms with E-state index in [1.54, 1.807) is 6.07 Å². The average Bonchev–Trinajstić information content (AvgIpc) is 2.42. The summed E-state index contributed by atoms with van der Waals surface area (Å²) < 4.78 is 30.8. The second-order valence-electron chi connectivity index (χ2n) is 4.94. The number of nitrogens with one attached hydrogen (secondary N) is 1. The molecule has 19 heavy (non-hydrogen) atoms. The van der Waals surface area contributed by atoms with E-state index in [1.807, 2.05) is 0 Å². The molecule has 2 N–H and O–H groups in total. The van der Waals surface area contributed by atoms with Gasteiger partial charge in [-0.05, 0) is 56.0 Å². The molecule has 1 unspecified atom stereocenters. The molecule has 0 amide bonds. The van der Waals surface area contributed by atoms with Crippen molar-refractivity contribution in [1.29, 1.82) is 0 Å². The fourth-order valence-corrected chi connectivity index (χ4v) is 2.54. The Morgan fingerprint density at radius 3 is 2.84 bits per heavy atom. The second kappa shape index (κ2) is 6.19. The first-order valence-corrected chi connectivity index (χ1v) is 6.50. The Morgan fingerprint density at radius 1 is 1.47 bits per heavy atom. The van der Waals surface area contributed by atoms with E-state index < -0.39 is 6.43 Å². The number of hydrogen-bond acceptors (Lipinski definition) is 3. The van der Waals surface area contributed by atoms with Crippen LogP contribution in [0.3, 0.4) is 0 Å². The smallest absolute Gasteiger partial charge is 0.267 e. The van der Waals surface area contributed by atoms with Gasteiger partial charge in [0.1, 0.15) is 11.5 Å². The summed E-state index contributed by atoms with van der Waals surface area (Å²) in [6, 6.07) is 2.85. The number of hydrogen-bond donors (Lipinski definition) is 2. The Morgan fingerprint density at radius 2 is 2.26 bits per heavy atom. The van der Waals surface area contributed by atoms with Crippen LogP contribution >= 0.6 is 0 Å². The van der Waals surface area contributed by atoms with Crippen LogP contribution in [0.15, 0.2) is 12.1 Å². The molecule has 3 nitrogen and oxygen atoms in total. The third kappa shape index (κ3) is 3.35. The lowest BCUT2D eigenvalue weighted by Gasteiger charge is -2.23. The highest BCUT2D eigenvalue weighted by Crippen LogP contribution is 2.36. The van der Waals surface area contributed by atoms with E-state index in [4.69, 9.17) is 4.74 Å². The molecule has 1 aromatic rings. The zero-order chi connectivity index (χ0) is 13.8. The topological polar surface area (TPSA) is 41.5 Å². The number of benzene rings is 1. The molecule has 1 aromatic carbocycles. The van der Waals surface area contributed by atoms with Gasteiger partial charge in [-0.2, -0.15) is 0 Å². The number of aromatic hydroxyl groups is 1. The highest BCUT2D eigenvalue weighted by Gasteiger charge is 2.21. The molecule has 1 saturated heterocycles. The Labute approximate surface area is 111 Å². The van der Waals surface area contributed by atoms with Gasteiger partial charge in [-0.25, -0.2) is 8.78 Å². The Balaban J connectivity index is 2.24. The molecular formula is C14H19F2NO2. The lowest BCUT2D eigenvalue weighted by atomic mass is 9.91. The minimum atomic E-state index is -2.70. The van der Waals surface area contributed by atoms with Gasteiger partial charge in [-0.3, -0.25) is 0 Å². The van der Waals surface area contributed by atoms with Crippen molar-refractivity contribution in [3.63, 3.8) is 0 Å². The van der Waals surface area contributed by atoms with E-state index in [0.29, 0.717) is 23.7 Å². The summed E-state index contributed by atoms with van der Waals surface area (Å²) in [5.41, 5.74) is 0.196. The monoisotopic (exact) mass is 271 g/mol. The normalized spacial score (nSPS) is 19.7. The number of alkyl halides is 2. The molecule has 0 bridgehead atoms. The molecule has 2 rings (SSSR count). The van der Waals surface area contributed by atoms with Crippen molar-refractivity contribution in [1.82, 2.24) is 5.32 Å². The fourth-order valence-electron chi connectivity index (χ4n) is 2.54. The molecule has 1 aliphatic rings. The molecule has 1 heterocycles. The van der Waals surface area contributed by atoms with Crippen LogP contribution in [0.2, 0.25) is 0 Å². The quantitative estimate of drug-likeness (QED) is 0.884. The van der Waals surface area contributed by atoms with Crippen LogP contribution < -0.4 is 10.1 Å². The van der Waals surface area contributed by atoms with Crippen LogP contribution in [0.25, 0.3) is 0 Å². The first kappa shape index (κ1) is 14.1. The summed E-state index contributed by atoms with van der Waals surface area (Å²) in [7, 11) is 1.44. The lowest BCUT2D eigenvalue weighted by Crippen LogP contribution is -2.30. The van der Waals surface area contributed by atoms with Gasteiger partial charge in [0.05, 0.1) is 12.7 Å². The maximum absolute atomic E-state index is 12.9. The molecular weight excluding hydrogens is 252 g/mol. The maximum atomic E-state index is 12.9. The number of piperidine rings is 1. The van der Waals surface area contributed by atoms with Crippen molar-refractivity contribution in [3.05, 3.63) is 23.3 Å². The van der Waals surface area contributed by atoms with Crippen LogP contribution in [-0.4, -0.2) is 25.3 Å². The summed E-state index contributed by atoms with van der Waals surface area (Å²) in [6.45, 7) is 1.86. The molecule has 0 saturated carbocycles. The summed E-state index contributed by atoms with van der Waals surface area (Å²) >= 11 is 0. The minimum absolute atomic E-state index is 0.290. The Hall–Kier alpha value is -1.36. The number of halogens is 2. The highest BCUT2D eigenvalue weighted by molar-refractivity contribution is 5.47. The van der Waals surface area contributed by atoms with Gasteiger partial charge >= 0.3 is 0 Å². The SMILES string of the molecule is COc1cc(CC2CCCNC2)c(O)c(C(F)F)c1. The van der Waals surface area contributed by atoms with Crippen LogP contribution in [0.1, 0.15) is 30.4 Å². The van der Waals surface area contributed by atoms with E-state index in [1.165, 1.54) is 13.2 Å². The van der Waals surface area contributed by atoms with Gasteiger partial charge in [-0.1, -0.05) is 0 Å². The predicted octanol–water partition coefficient (Wildman–Crippen LogP) is 2.88. The molecule has 1 fully saturated rings. The number of ether oxygens (including phenoxy) is 1. The maximum Gasteiger partial charge on any atom is 0.267 e. The number of phenolic OH excluding ortho intramolecular Hbond substituents is 1. The van der Waals surface area contributed by atoms with Crippen molar-refractivity contribution in [2.75, 3.05) is 20.2 Å². The zero-order valence-corrected chi connectivity index (χ0v) is 11.0. The summed E-state index contributed by atoms with van der Waals surface area (Å²) in [5.74, 6) is 0.450. The molecule has 5 heteroatoms. The van der Waals surface area contributed by atoms with Crippen molar-refractivity contribution in [2.45, 2.75) is 25.7 Å². The third-order valence-electron chi connectivity index (χ3n) is 3.57. The van der Waals surface area contributed by atoms with Gasteiger partial charge < -0.3 is 15.2 Å². The van der Waals surface area contributed by atoms with Gasteiger partial charge in [0.2, 0.25) is 0 Å². The van der Waals surface area contributed by atoms with Crippen molar-refractivity contribution < 1.29 is 18.6 Å². The molecule has 1 atom stereocenters. The third-order valence-corrected chi connectivity index (χ3v) is 3.57. The standard InChI is InChI=1S/C14H19F2NO2/c1-19-11-6-10(5-9-3-2-4-17-8-9)13(18)12(7-11)14(15)16/h6-7,9,14,17-18H,2-5,8H2,1H3. The summed E-state index contributed by atoms with van der Waals surface area (Å²) in [6.07, 6.45) is 0.0267. The lowest BCUT2D eigenvalue weighted by molar-refractivity contribution is 0.146. The molecule has 0 aromatic heterocycles. The average molecular weight is 271 g/mol. The van der Waals surface area contributed by atoms with Gasteiger partial charge in [0.15, 0.2) is 0 Å². The molecule has 106 valence electrons. The first-order chi connectivity index (χ1) is 9.11. The largest absolute Gasteiger partial charge is 0.507 e. The van der Waals surface area contributed by atoms with Crippen LogP contribution in [0.4, 0.5) is 8.78 Å². The van der Waals surface area contributed by atoms with E-state index in [-0.39, 0.29) is 11.3 Å². The van der Waals surface area contributed by atoms with Gasteiger partial charge in [0.25, 0.3) is 6.43 Å². The van der Waals surface area contributed by atoms with Crippen molar-refractivity contribution >= 4 is 0 Å². The fraction of sp³-hybridized carbons (Fsp3) is 0.571. The minimum Gasteiger partial charge on any atom is -0.507 e. The Kier molecular flexibility index (Phi) is 4.58. The van der Waals surface area contributed by atoms with E-state index in [9.17, 15) is 13.9 Å². The molecule has 0 aliphatic carbocycles. The number of rotatable bonds is 4. The van der Waals surface area contributed by atoms with E-state index in [0.717, 1.165) is 25.9 Å². The predicted molar refractivity (Wildman–Crippen MR) is 68.9 cm³/mol. The van der Waals surface area contributed by atoms with Gasteiger partial charge in [0, 0.05) is 0 Å². The summed E-state index contributed by atoms with van der Waals surface area (Å²) in [4.78, 5) is 0. The number of methoxy groups -OCH3 is 1. The zero-order valence-electron chi connectivity index (χ0n) is 11.0. The van der Waals surface area contributed by atoms with Crippen LogP contribution in [0, 0.1) is 5.92 Å². The van der Waals surface area contributed by atoms with Crippen molar-refractivity contribution in [3.8, 4) is 11.5 Å². The summed E-state index contributed by atoms with van der Waals surface area (Å²) in [5, 5.41) is 13.2. The van der Waals surface area contributed by atoms with Crippen LogP contribution in [0.5, 0.6) is 11.5 Å². The van der Waals surface area contributed by atoms with Crippen molar-refractivity contribution in [2.24, 2.45) is 5.92 Å². The number of phenols is 1. The second-order valence-corrected chi connectivity index (χ2v) is 4.94. The van der Waals surface area contributed by atoms with E-state index in [2.05, 4.69) is 5.32 Å². The van der Waals surface area contributed by atoms with Crippen LogP contribution in [-0.2, 0) is 6.42 Å². The molecule has 1 aliphatic heterocycles. The molecule has 0 radical (unpaired) electrons.